The van der Waals surface area contributed by atoms with Crippen LogP contribution >= 0.6 is 11.6 Å². The van der Waals surface area contributed by atoms with Gasteiger partial charge in [-0.3, -0.25) is 0 Å². The van der Waals surface area contributed by atoms with Crippen LogP contribution in [-0.2, 0) is 12.8 Å². The molecular weight excluding hydrogens is 270 g/mol. The SMILES string of the molecule is COc1ccc(Cl)cc1CC(N)C1Cc2ccccc21. The Labute approximate surface area is 124 Å². The van der Waals surface area contributed by atoms with Crippen molar-refractivity contribution in [2.24, 2.45) is 5.73 Å². The number of fused-ring (bicyclic) bond motifs is 1. The van der Waals surface area contributed by atoms with E-state index in [1.807, 2.05) is 18.2 Å². The lowest BCUT2D eigenvalue weighted by molar-refractivity contribution is 0.403. The van der Waals surface area contributed by atoms with Crippen molar-refractivity contribution in [1.82, 2.24) is 0 Å². The Morgan fingerprint density at radius 2 is 2.10 bits per heavy atom. The normalized spacial score (nSPS) is 18.1. The highest BCUT2D eigenvalue weighted by molar-refractivity contribution is 6.30. The topological polar surface area (TPSA) is 35.2 Å². The van der Waals surface area contributed by atoms with E-state index < -0.39 is 0 Å². The summed E-state index contributed by atoms with van der Waals surface area (Å²) in [6, 6.07) is 14.3. The zero-order chi connectivity index (χ0) is 14.1. The first-order valence-electron chi connectivity index (χ1n) is 6.85. The van der Waals surface area contributed by atoms with Crippen LogP contribution in [0.4, 0.5) is 0 Å². The lowest BCUT2D eigenvalue weighted by atomic mass is 9.72. The lowest BCUT2D eigenvalue weighted by Gasteiger charge is -2.35. The highest BCUT2D eigenvalue weighted by Gasteiger charge is 2.31. The average Bonchev–Trinajstić information content (AvgIpc) is 2.40. The highest BCUT2D eigenvalue weighted by atomic mass is 35.5. The summed E-state index contributed by atoms with van der Waals surface area (Å²) in [4.78, 5) is 0. The summed E-state index contributed by atoms with van der Waals surface area (Å²) < 4.78 is 5.39. The van der Waals surface area contributed by atoms with Gasteiger partial charge in [-0.25, -0.2) is 0 Å². The Bertz CT molecular complexity index is 626. The van der Waals surface area contributed by atoms with Gasteiger partial charge in [0.15, 0.2) is 0 Å². The van der Waals surface area contributed by atoms with E-state index >= 15 is 0 Å². The number of ether oxygens (including phenoxy) is 1. The Morgan fingerprint density at radius 1 is 1.30 bits per heavy atom. The van der Waals surface area contributed by atoms with Gasteiger partial charge < -0.3 is 10.5 Å². The Kier molecular flexibility index (Phi) is 3.68. The van der Waals surface area contributed by atoms with Gasteiger partial charge in [-0.15, -0.1) is 0 Å². The molecule has 0 heterocycles. The van der Waals surface area contributed by atoms with Gasteiger partial charge in [0, 0.05) is 17.0 Å². The summed E-state index contributed by atoms with van der Waals surface area (Å²) in [5.41, 5.74) is 10.3. The molecule has 2 aromatic rings. The number of benzene rings is 2. The first kappa shape index (κ1) is 13.5. The quantitative estimate of drug-likeness (QED) is 0.933. The van der Waals surface area contributed by atoms with Crippen molar-refractivity contribution in [2.45, 2.75) is 24.8 Å². The van der Waals surface area contributed by atoms with Crippen LogP contribution in [0.3, 0.4) is 0 Å². The van der Waals surface area contributed by atoms with Crippen molar-refractivity contribution in [3.63, 3.8) is 0 Å². The van der Waals surface area contributed by atoms with Crippen molar-refractivity contribution >= 4 is 11.6 Å². The maximum atomic E-state index is 6.40. The van der Waals surface area contributed by atoms with E-state index in [4.69, 9.17) is 22.1 Å². The summed E-state index contributed by atoms with van der Waals surface area (Å²) >= 11 is 6.07. The van der Waals surface area contributed by atoms with E-state index in [1.165, 1.54) is 11.1 Å². The number of rotatable bonds is 4. The molecule has 20 heavy (non-hydrogen) atoms. The summed E-state index contributed by atoms with van der Waals surface area (Å²) in [6.45, 7) is 0. The smallest absolute Gasteiger partial charge is 0.122 e. The van der Waals surface area contributed by atoms with Crippen LogP contribution in [-0.4, -0.2) is 13.2 Å². The summed E-state index contributed by atoms with van der Waals surface area (Å²) in [6.07, 6.45) is 1.85. The van der Waals surface area contributed by atoms with Gasteiger partial charge in [-0.2, -0.15) is 0 Å². The molecule has 0 saturated heterocycles. The van der Waals surface area contributed by atoms with Crippen molar-refractivity contribution in [3.05, 3.63) is 64.2 Å². The van der Waals surface area contributed by atoms with Crippen molar-refractivity contribution in [1.29, 1.82) is 0 Å². The minimum Gasteiger partial charge on any atom is -0.496 e. The molecule has 0 radical (unpaired) electrons. The molecule has 1 aliphatic carbocycles. The maximum absolute atomic E-state index is 6.40. The monoisotopic (exact) mass is 287 g/mol. The standard InChI is InChI=1S/C17H18ClNO/c1-20-17-7-6-13(18)8-12(17)10-16(19)15-9-11-4-2-3-5-14(11)15/h2-8,15-16H,9-10,19H2,1H3. The van der Waals surface area contributed by atoms with Crippen LogP contribution in [0.25, 0.3) is 0 Å². The van der Waals surface area contributed by atoms with Crippen LogP contribution in [0.2, 0.25) is 5.02 Å². The van der Waals surface area contributed by atoms with E-state index in [9.17, 15) is 0 Å². The zero-order valence-electron chi connectivity index (χ0n) is 11.5. The van der Waals surface area contributed by atoms with Gasteiger partial charge in [0.2, 0.25) is 0 Å². The fraction of sp³-hybridized carbons (Fsp3) is 0.294. The second-order valence-corrected chi connectivity index (χ2v) is 5.77. The fourth-order valence-electron chi connectivity index (χ4n) is 2.98. The molecule has 1 aliphatic rings. The molecule has 2 aromatic carbocycles. The molecule has 3 heteroatoms. The summed E-state index contributed by atoms with van der Waals surface area (Å²) in [7, 11) is 1.68. The van der Waals surface area contributed by atoms with Crippen LogP contribution in [0.15, 0.2) is 42.5 Å². The summed E-state index contributed by atoms with van der Waals surface area (Å²) in [5.74, 6) is 1.30. The number of methoxy groups -OCH3 is 1. The second kappa shape index (κ2) is 5.47. The largest absolute Gasteiger partial charge is 0.496 e. The molecular formula is C17H18ClNO. The van der Waals surface area contributed by atoms with Gasteiger partial charge in [-0.1, -0.05) is 35.9 Å². The van der Waals surface area contributed by atoms with E-state index in [1.54, 1.807) is 7.11 Å². The average molecular weight is 288 g/mol. The molecule has 0 bridgehead atoms. The number of nitrogens with two attached hydrogens (primary N) is 1. The molecule has 0 spiro atoms. The molecule has 2 N–H and O–H groups in total. The number of halogens is 1. The Balaban J connectivity index is 1.78. The predicted octanol–water partition coefficient (Wildman–Crippen LogP) is 3.56. The van der Waals surface area contributed by atoms with E-state index in [2.05, 4.69) is 24.3 Å². The van der Waals surface area contributed by atoms with E-state index in [-0.39, 0.29) is 6.04 Å². The van der Waals surface area contributed by atoms with Crippen LogP contribution in [0.1, 0.15) is 22.6 Å². The second-order valence-electron chi connectivity index (χ2n) is 5.33. The Hall–Kier alpha value is -1.51. The van der Waals surface area contributed by atoms with Gasteiger partial charge in [0.1, 0.15) is 5.75 Å². The third-order valence-electron chi connectivity index (χ3n) is 4.11. The predicted molar refractivity (Wildman–Crippen MR) is 82.6 cm³/mol. The third kappa shape index (κ3) is 2.41. The molecule has 0 aromatic heterocycles. The van der Waals surface area contributed by atoms with E-state index in [0.717, 1.165) is 29.2 Å². The molecule has 0 amide bonds. The molecule has 0 saturated carbocycles. The summed E-state index contributed by atoms with van der Waals surface area (Å²) in [5, 5.41) is 0.724. The van der Waals surface area contributed by atoms with Crippen LogP contribution in [0, 0.1) is 0 Å². The maximum Gasteiger partial charge on any atom is 0.122 e. The van der Waals surface area contributed by atoms with Crippen LogP contribution in [0.5, 0.6) is 5.75 Å². The van der Waals surface area contributed by atoms with Crippen molar-refractivity contribution in [3.8, 4) is 5.75 Å². The van der Waals surface area contributed by atoms with Crippen molar-refractivity contribution in [2.75, 3.05) is 7.11 Å². The highest BCUT2D eigenvalue weighted by Crippen LogP contribution is 2.38. The number of hydrogen-bond acceptors (Lipinski definition) is 2. The molecule has 104 valence electrons. The third-order valence-corrected chi connectivity index (χ3v) is 4.34. The first-order chi connectivity index (χ1) is 9.69. The zero-order valence-corrected chi connectivity index (χ0v) is 12.2. The minimum atomic E-state index is 0.0947. The Morgan fingerprint density at radius 3 is 2.85 bits per heavy atom. The van der Waals surface area contributed by atoms with Crippen LogP contribution < -0.4 is 10.5 Å². The first-order valence-corrected chi connectivity index (χ1v) is 7.22. The molecule has 0 fully saturated rings. The van der Waals surface area contributed by atoms with Gasteiger partial charge in [0.25, 0.3) is 0 Å². The molecule has 3 rings (SSSR count). The molecule has 2 atom stereocenters. The van der Waals surface area contributed by atoms with Gasteiger partial charge in [0.05, 0.1) is 7.11 Å². The minimum absolute atomic E-state index is 0.0947. The fourth-order valence-corrected chi connectivity index (χ4v) is 3.18. The van der Waals surface area contributed by atoms with Gasteiger partial charge in [-0.05, 0) is 47.7 Å². The lowest BCUT2D eigenvalue weighted by Crippen LogP contribution is -2.37. The van der Waals surface area contributed by atoms with Gasteiger partial charge >= 0.3 is 0 Å². The number of hydrogen-bond donors (Lipinski definition) is 1. The van der Waals surface area contributed by atoms with E-state index in [0.29, 0.717) is 5.92 Å². The molecule has 2 unspecified atom stereocenters. The van der Waals surface area contributed by atoms with Crippen molar-refractivity contribution < 1.29 is 4.74 Å². The molecule has 2 nitrogen and oxygen atoms in total. The molecule has 0 aliphatic heterocycles.